The minimum absolute atomic E-state index is 0.157. The second-order valence-electron chi connectivity index (χ2n) is 4.16. The first-order valence-corrected chi connectivity index (χ1v) is 6.22. The van der Waals surface area contributed by atoms with Gasteiger partial charge in [0.25, 0.3) is 0 Å². The van der Waals surface area contributed by atoms with E-state index in [2.05, 4.69) is 10.1 Å². The van der Waals surface area contributed by atoms with Gasteiger partial charge in [0.2, 0.25) is 5.91 Å². The van der Waals surface area contributed by atoms with Crippen molar-refractivity contribution in [3.05, 3.63) is 42.0 Å². The van der Waals surface area contributed by atoms with Crippen molar-refractivity contribution in [3.63, 3.8) is 0 Å². The van der Waals surface area contributed by atoms with Crippen LogP contribution in [-0.4, -0.2) is 25.0 Å². The number of methoxy groups -OCH3 is 1. The number of hydrogen-bond donors (Lipinski definition) is 1. The highest BCUT2D eigenvalue weighted by Gasteiger charge is 2.14. The van der Waals surface area contributed by atoms with E-state index in [1.54, 1.807) is 6.92 Å². The molecule has 1 N–H and O–H groups in total. The number of hydrogen-bond acceptors (Lipinski definition) is 3. The van der Waals surface area contributed by atoms with Crippen LogP contribution in [0.3, 0.4) is 0 Å². The minimum atomic E-state index is -0.601. The number of carbonyl (C=O) groups excluding carboxylic acids is 2. The highest BCUT2D eigenvalue weighted by molar-refractivity contribution is 5.84. The monoisotopic (exact) mass is 261 g/mol. The van der Waals surface area contributed by atoms with Crippen LogP contribution in [0.5, 0.6) is 0 Å². The Morgan fingerprint density at radius 3 is 2.63 bits per heavy atom. The summed E-state index contributed by atoms with van der Waals surface area (Å²) in [6.07, 6.45) is 4.90. The fraction of sp³-hybridized carbons (Fsp3) is 0.333. The summed E-state index contributed by atoms with van der Waals surface area (Å²) in [6, 6.07) is 9.27. The van der Waals surface area contributed by atoms with Crippen molar-refractivity contribution in [1.82, 2.24) is 5.32 Å². The molecule has 0 aromatic heterocycles. The fourth-order valence-corrected chi connectivity index (χ4v) is 1.55. The molecule has 0 heterocycles. The zero-order valence-corrected chi connectivity index (χ0v) is 11.3. The highest BCUT2D eigenvalue weighted by Crippen LogP contribution is 2.03. The van der Waals surface area contributed by atoms with Crippen LogP contribution in [0.25, 0.3) is 6.08 Å². The van der Waals surface area contributed by atoms with Gasteiger partial charge in [-0.25, -0.2) is 4.79 Å². The molecule has 1 rings (SSSR count). The molecule has 19 heavy (non-hydrogen) atoms. The Hall–Kier alpha value is -2.10. The molecule has 0 saturated heterocycles. The van der Waals surface area contributed by atoms with Gasteiger partial charge in [0.15, 0.2) is 0 Å². The Morgan fingerprint density at radius 1 is 1.32 bits per heavy atom. The molecule has 0 aliphatic heterocycles. The molecule has 4 heteroatoms. The molecule has 0 aliphatic rings. The van der Waals surface area contributed by atoms with Gasteiger partial charge in [-0.05, 0) is 18.9 Å². The van der Waals surface area contributed by atoms with Crippen LogP contribution in [0.1, 0.15) is 25.3 Å². The number of benzene rings is 1. The van der Waals surface area contributed by atoms with Crippen molar-refractivity contribution in [3.8, 4) is 0 Å². The topological polar surface area (TPSA) is 55.4 Å². The quantitative estimate of drug-likeness (QED) is 0.798. The predicted octanol–water partition coefficient (Wildman–Crippen LogP) is 2.16. The van der Waals surface area contributed by atoms with Gasteiger partial charge >= 0.3 is 5.97 Å². The summed E-state index contributed by atoms with van der Waals surface area (Å²) in [5.74, 6) is -0.594. The van der Waals surface area contributed by atoms with E-state index < -0.39 is 12.0 Å². The standard InChI is InChI=1S/C15H19NO3/c1-12(15(18)19-2)16-14(17)11-7-6-10-13-8-4-3-5-9-13/h3-6,8-10,12H,7,11H2,1-2H3,(H,16,17)/b10-6+/t12-/m0/s1. The number of esters is 1. The van der Waals surface area contributed by atoms with Gasteiger partial charge in [-0.3, -0.25) is 4.79 Å². The lowest BCUT2D eigenvalue weighted by atomic mass is 10.2. The zero-order chi connectivity index (χ0) is 14.1. The molecule has 0 unspecified atom stereocenters. The molecular weight excluding hydrogens is 242 g/mol. The lowest BCUT2D eigenvalue weighted by molar-refractivity contribution is -0.144. The van der Waals surface area contributed by atoms with E-state index in [1.165, 1.54) is 7.11 Å². The lowest BCUT2D eigenvalue weighted by Gasteiger charge is -2.10. The molecule has 1 amide bonds. The summed E-state index contributed by atoms with van der Waals surface area (Å²) in [5, 5.41) is 2.58. The van der Waals surface area contributed by atoms with Gasteiger partial charge in [-0.15, -0.1) is 0 Å². The SMILES string of the molecule is COC(=O)[C@H](C)NC(=O)CC/C=C/c1ccccc1. The smallest absolute Gasteiger partial charge is 0.328 e. The van der Waals surface area contributed by atoms with Gasteiger partial charge in [-0.2, -0.15) is 0 Å². The molecule has 1 atom stereocenters. The average molecular weight is 261 g/mol. The number of nitrogens with one attached hydrogen (secondary N) is 1. The number of rotatable bonds is 6. The first kappa shape index (κ1) is 15.0. The third kappa shape index (κ3) is 5.86. The summed E-state index contributed by atoms with van der Waals surface area (Å²) in [4.78, 5) is 22.6. The van der Waals surface area contributed by atoms with E-state index in [9.17, 15) is 9.59 Å². The van der Waals surface area contributed by atoms with Crippen LogP contribution in [0.15, 0.2) is 36.4 Å². The fourth-order valence-electron chi connectivity index (χ4n) is 1.55. The van der Waals surface area contributed by atoms with E-state index in [-0.39, 0.29) is 5.91 Å². The molecular formula is C15H19NO3. The predicted molar refractivity (Wildman–Crippen MR) is 74.3 cm³/mol. The van der Waals surface area contributed by atoms with Crippen LogP contribution in [0, 0.1) is 0 Å². The molecule has 0 radical (unpaired) electrons. The Kier molecular flexibility index (Phi) is 6.36. The maximum Gasteiger partial charge on any atom is 0.328 e. The summed E-state index contributed by atoms with van der Waals surface area (Å²) < 4.78 is 4.53. The molecule has 4 nitrogen and oxygen atoms in total. The summed E-state index contributed by atoms with van der Waals surface area (Å²) in [6.45, 7) is 1.60. The van der Waals surface area contributed by atoms with Crippen molar-refractivity contribution in [2.75, 3.05) is 7.11 Å². The van der Waals surface area contributed by atoms with E-state index in [4.69, 9.17) is 0 Å². The molecule has 0 fully saturated rings. The Balaban J connectivity index is 2.28. The van der Waals surface area contributed by atoms with E-state index >= 15 is 0 Å². The number of allylic oxidation sites excluding steroid dienone is 1. The number of ether oxygens (including phenoxy) is 1. The largest absolute Gasteiger partial charge is 0.467 e. The summed E-state index contributed by atoms with van der Waals surface area (Å²) in [7, 11) is 1.30. The Labute approximate surface area is 113 Å². The van der Waals surface area contributed by atoms with Crippen molar-refractivity contribution in [2.45, 2.75) is 25.8 Å². The van der Waals surface area contributed by atoms with Gasteiger partial charge in [-0.1, -0.05) is 42.5 Å². The second-order valence-corrected chi connectivity index (χ2v) is 4.16. The van der Waals surface area contributed by atoms with Gasteiger partial charge in [0, 0.05) is 6.42 Å². The van der Waals surface area contributed by atoms with Crippen molar-refractivity contribution < 1.29 is 14.3 Å². The normalized spacial score (nSPS) is 12.1. The molecule has 0 aliphatic carbocycles. The zero-order valence-electron chi connectivity index (χ0n) is 11.3. The molecule has 0 spiro atoms. The summed E-state index contributed by atoms with van der Waals surface area (Å²) >= 11 is 0. The molecule has 102 valence electrons. The maximum atomic E-state index is 11.5. The number of amides is 1. The highest BCUT2D eigenvalue weighted by atomic mass is 16.5. The molecule has 1 aromatic rings. The molecule has 0 saturated carbocycles. The Bertz CT molecular complexity index is 440. The summed E-state index contributed by atoms with van der Waals surface area (Å²) in [5.41, 5.74) is 1.10. The van der Waals surface area contributed by atoms with Crippen LogP contribution in [-0.2, 0) is 14.3 Å². The lowest BCUT2D eigenvalue weighted by Crippen LogP contribution is -2.38. The van der Waals surface area contributed by atoms with Gasteiger partial charge in [0.05, 0.1) is 7.11 Å². The van der Waals surface area contributed by atoms with Crippen LogP contribution >= 0.6 is 0 Å². The van der Waals surface area contributed by atoms with E-state index in [0.29, 0.717) is 12.8 Å². The third-order valence-electron chi connectivity index (χ3n) is 2.58. The van der Waals surface area contributed by atoms with Crippen molar-refractivity contribution >= 4 is 18.0 Å². The van der Waals surface area contributed by atoms with Crippen LogP contribution in [0.2, 0.25) is 0 Å². The van der Waals surface area contributed by atoms with Crippen molar-refractivity contribution in [1.29, 1.82) is 0 Å². The van der Waals surface area contributed by atoms with E-state index in [0.717, 1.165) is 5.56 Å². The Morgan fingerprint density at radius 2 is 2.00 bits per heavy atom. The first-order chi connectivity index (χ1) is 9.13. The maximum absolute atomic E-state index is 11.5. The average Bonchev–Trinajstić information content (AvgIpc) is 2.43. The third-order valence-corrected chi connectivity index (χ3v) is 2.58. The van der Waals surface area contributed by atoms with Crippen molar-refractivity contribution in [2.24, 2.45) is 0 Å². The number of carbonyl (C=O) groups is 2. The van der Waals surface area contributed by atoms with Crippen LogP contribution in [0.4, 0.5) is 0 Å². The molecule has 0 bridgehead atoms. The first-order valence-electron chi connectivity index (χ1n) is 6.22. The van der Waals surface area contributed by atoms with Crippen LogP contribution < -0.4 is 5.32 Å². The second kappa shape index (κ2) is 8.08. The minimum Gasteiger partial charge on any atom is -0.467 e. The molecule has 1 aromatic carbocycles. The van der Waals surface area contributed by atoms with Gasteiger partial charge < -0.3 is 10.1 Å². The van der Waals surface area contributed by atoms with E-state index in [1.807, 2.05) is 42.5 Å². The van der Waals surface area contributed by atoms with Gasteiger partial charge in [0.1, 0.15) is 6.04 Å².